The SMILES string of the molecule is COC1(C(C)(C)O)CCN(c2cc(Cl)ncn2)C1. The van der Waals surface area contributed by atoms with E-state index < -0.39 is 11.2 Å². The Morgan fingerprint density at radius 2 is 2.22 bits per heavy atom. The summed E-state index contributed by atoms with van der Waals surface area (Å²) in [4.78, 5) is 10.1. The van der Waals surface area contributed by atoms with Gasteiger partial charge in [-0.25, -0.2) is 9.97 Å². The van der Waals surface area contributed by atoms with Crippen LogP contribution < -0.4 is 4.90 Å². The van der Waals surface area contributed by atoms with E-state index in [1.54, 1.807) is 27.0 Å². The molecule has 1 saturated heterocycles. The summed E-state index contributed by atoms with van der Waals surface area (Å²) in [5, 5.41) is 10.7. The summed E-state index contributed by atoms with van der Waals surface area (Å²) >= 11 is 5.86. The molecule has 1 aliphatic rings. The minimum absolute atomic E-state index is 0.415. The molecular formula is C12H18ClN3O2. The van der Waals surface area contributed by atoms with Crippen LogP contribution in [0.3, 0.4) is 0 Å². The highest BCUT2D eigenvalue weighted by Crippen LogP contribution is 2.36. The molecule has 0 aromatic carbocycles. The maximum Gasteiger partial charge on any atom is 0.134 e. The Morgan fingerprint density at radius 3 is 2.72 bits per heavy atom. The van der Waals surface area contributed by atoms with Gasteiger partial charge in [0.1, 0.15) is 22.9 Å². The molecule has 100 valence electrons. The van der Waals surface area contributed by atoms with E-state index >= 15 is 0 Å². The summed E-state index contributed by atoms with van der Waals surface area (Å²) < 4.78 is 5.58. The van der Waals surface area contributed by atoms with Crippen LogP contribution in [0.5, 0.6) is 0 Å². The van der Waals surface area contributed by atoms with Crippen LogP contribution in [-0.2, 0) is 4.74 Å². The van der Waals surface area contributed by atoms with Crippen molar-refractivity contribution in [2.75, 3.05) is 25.1 Å². The second kappa shape index (κ2) is 4.64. The number of aliphatic hydroxyl groups is 1. The van der Waals surface area contributed by atoms with Crippen LogP contribution in [0.15, 0.2) is 12.4 Å². The molecule has 0 bridgehead atoms. The van der Waals surface area contributed by atoms with Crippen LogP contribution in [-0.4, -0.2) is 46.5 Å². The Bertz CT molecular complexity index is 436. The van der Waals surface area contributed by atoms with Gasteiger partial charge in [-0.2, -0.15) is 0 Å². The van der Waals surface area contributed by atoms with Crippen LogP contribution in [0.1, 0.15) is 20.3 Å². The van der Waals surface area contributed by atoms with Crippen molar-refractivity contribution in [1.29, 1.82) is 0 Å². The van der Waals surface area contributed by atoms with Gasteiger partial charge in [-0.3, -0.25) is 0 Å². The van der Waals surface area contributed by atoms with Gasteiger partial charge in [-0.05, 0) is 20.3 Å². The Labute approximate surface area is 112 Å². The molecular weight excluding hydrogens is 254 g/mol. The maximum absolute atomic E-state index is 10.3. The molecule has 5 nitrogen and oxygen atoms in total. The Kier molecular flexibility index (Phi) is 3.49. The third-order valence-corrected chi connectivity index (χ3v) is 3.89. The normalized spacial score (nSPS) is 24.6. The molecule has 0 radical (unpaired) electrons. The first-order valence-electron chi connectivity index (χ1n) is 5.88. The number of hydrogen-bond acceptors (Lipinski definition) is 5. The van der Waals surface area contributed by atoms with Crippen LogP contribution in [0, 0.1) is 0 Å². The fraction of sp³-hybridized carbons (Fsp3) is 0.667. The zero-order valence-corrected chi connectivity index (χ0v) is 11.6. The summed E-state index contributed by atoms with van der Waals surface area (Å²) in [5.41, 5.74) is -1.49. The van der Waals surface area contributed by atoms with Crippen molar-refractivity contribution < 1.29 is 9.84 Å². The smallest absolute Gasteiger partial charge is 0.134 e. The molecule has 0 aliphatic carbocycles. The predicted octanol–water partition coefficient (Wildman–Crippen LogP) is 1.50. The van der Waals surface area contributed by atoms with E-state index in [0.717, 1.165) is 18.8 Å². The third-order valence-electron chi connectivity index (χ3n) is 3.68. The molecule has 2 heterocycles. The van der Waals surface area contributed by atoms with Crippen molar-refractivity contribution in [1.82, 2.24) is 9.97 Å². The summed E-state index contributed by atoms with van der Waals surface area (Å²) in [5.74, 6) is 0.762. The molecule has 2 rings (SSSR count). The number of aromatic nitrogens is 2. The number of halogens is 1. The Balaban J connectivity index is 2.22. The first kappa shape index (κ1) is 13.5. The number of nitrogens with zero attached hydrogens (tertiary/aromatic N) is 3. The Hall–Kier alpha value is -0.910. The molecule has 1 fully saturated rings. The molecule has 1 aliphatic heterocycles. The number of methoxy groups -OCH3 is 1. The van der Waals surface area contributed by atoms with Crippen LogP contribution in [0.2, 0.25) is 5.15 Å². The highest BCUT2D eigenvalue weighted by Gasteiger charge is 2.49. The lowest BCUT2D eigenvalue weighted by atomic mass is 9.85. The van der Waals surface area contributed by atoms with Crippen molar-refractivity contribution in [3.63, 3.8) is 0 Å². The monoisotopic (exact) mass is 271 g/mol. The van der Waals surface area contributed by atoms with Gasteiger partial charge in [-0.1, -0.05) is 11.6 Å². The van der Waals surface area contributed by atoms with Gasteiger partial charge in [0.25, 0.3) is 0 Å². The molecule has 18 heavy (non-hydrogen) atoms. The largest absolute Gasteiger partial charge is 0.387 e. The summed E-state index contributed by atoms with van der Waals surface area (Å²) in [6, 6.07) is 1.72. The molecule has 1 aromatic heterocycles. The standard InChI is InChI=1S/C12H18ClN3O2/c1-11(2,17)12(18-3)4-5-16(7-12)10-6-9(13)14-8-15-10/h6,8,17H,4-5,7H2,1-3H3. The Morgan fingerprint density at radius 1 is 1.50 bits per heavy atom. The summed E-state index contributed by atoms with van der Waals surface area (Å²) in [7, 11) is 1.63. The first-order valence-corrected chi connectivity index (χ1v) is 6.26. The van der Waals surface area contributed by atoms with Gasteiger partial charge in [0.2, 0.25) is 0 Å². The van der Waals surface area contributed by atoms with Gasteiger partial charge < -0.3 is 14.7 Å². The van der Waals surface area contributed by atoms with E-state index in [9.17, 15) is 5.11 Å². The van der Waals surface area contributed by atoms with Crippen molar-refractivity contribution >= 4 is 17.4 Å². The number of hydrogen-bond donors (Lipinski definition) is 1. The van der Waals surface area contributed by atoms with E-state index in [4.69, 9.17) is 16.3 Å². The highest BCUT2D eigenvalue weighted by molar-refractivity contribution is 6.29. The molecule has 6 heteroatoms. The molecule has 1 N–H and O–H groups in total. The average molecular weight is 272 g/mol. The van der Waals surface area contributed by atoms with Crippen molar-refractivity contribution in [2.45, 2.75) is 31.5 Å². The molecule has 0 saturated carbocycles. The lowest BCUT2D eigenvalue weighted by Crippen LogP contribution is -2.53. The van der Waals surface area contributed by atoms with E-state index in [1.807, 2.05) is 0 Å². The zero-order chi connectivity index (χ0) is 13.4. The lowest BCUT2D eigenvalue weighted by Gasteiger charge is -2.38. The minimum Gasteiger partial charge on any atom is -0.387 e. The van der Waals surface area contributed by atoms with E-state index in [0.29, 0.717) is 11.7 Å². The zero-order valence-electron chi connectivity index (χ0n) is 10.9. The van der Waals surface area contributed by atoms with Crippen LogP contribution in [0.4, 0.5) is 5.82 Å². The van der Waals surface area contributed by atoms with E-state index in [2.05, 4.69) is 14.9 Å². The topological polar surface area (TPSA) is 58.5 Å². The fourth-order valence-electron chi connectivity index (χ4n) is 2.39. The quantitative estimate of drug-likeness (QED) is 0.845. The van der Waals surface area contributed by atoms with Gasteiger partial charge in [-0.15, -0.1) is 0 Å². The van der Waals surface area contributed by atoms with Crippen LogP contribution >= 0.6 is 11.6 Å². The average Bonchev–Trinajstić information content (AvgIpc) is 2.74. The number of anilines is 1. The van der Waals surface area contributed by atoms with Gasteiger partial charge in [0.15, 0.2) is 0 Å². The highest BCUT2D eigenvalue weighted by atomic mass is 35.5. The second-order valence-corrected chi connectivity index (χ2v) is 5.52. The van der Waals surface area contributed by atoms with Crippen molar-refractivity contribution in [2.24, 2.45) is 0 Å². The third kappa shape index (κ3) is 2.30. The molecule has 0 amide bonds. The summed E-state index contributed by atoms with van der Waals surface area (Å²) in [6.45, 7) is 4.89. The minimum atomic E-state index is -0.909. The second-order valence-electron chi connectivity index (χ2n) is 5.13. The predicted molar refractivity (Wildman–Crippen MR) is 69.9 cm³/mol. The molecule has 1 atom stereocenters. The van der Waals surface area contributed by atoms with Gasteiger partial charge in [0.05, 0.1) is 12.1 Å². The van der Waals surface area contributed by atoms with Gasteiger partial charge in [0, 0.05) is 19.7 Å². The van der Waals surface area contributed by atoms with Crippen molar-refractivity contribution in [3.8, 4) is 0 Å². The maximum atomic E-state index is 10.3. The first-order chi connectivity index (χ1) is 8.38. The van der Waals surface area contributed by atoms with Crippen molar-refractivity contribution in [3.05, 3.63) is 17.5 Å². The fourth-order valence-corrected chi connectivity index (χ4v) is 2.53. The molecule has 0 spiro atoms. The van der Waals surface area contributed by atoms with E-state index in [1.165, 1.54) is 6.33 Å². The lowest BCUT2D eigenvalue weighted by molar-refractivity contribution is -0.138. The summed E-state index contributed by atoms with van der Waals surface area (Å²) in [6.07, 6.45) is 2.18. The number of rotatable bonds is 3. The molecule has 1 unspecified atom stereocenters. The van der Waals surface area contributed by atoms with E-state index in [-0.39, 0.29) is 0 Å². The van der Waals surface area contributed by atoms with Crippen LogP contribution in [0.25, 0.3) is 0 Å². The molecule has 1 aromatic rings. The van der Waals surface area contributed by atoms with Gasteiger partial charge >= 0.3 is 0 Å². The number of ether oxygens (including phenoxy) is 1.